The van der Waals surface area contributed by atoms with E-state index >= 15 is 0 Å². The molecule has 0 unspecified atom stereocenters. The highest BCUT2D eigenvalue weighted by Gasteiger charge is 2.69. The molecule has 4 heteroatoms. The van der Waals surface area contributed by atoms with E-state index in [1.54, 1.807) is 4.90 Å². The van der Waals surface area contributed by atoms with Gasteiger partial charge in [-0.25, -0.2) is 4.79 Å². The highest BCUT2D eigenvalue weighted by atomic mass is 16.5. The van der Waals surface area contributed by atoms with Crippen LogP contribution in [0.15, 0.2) is 0 Å². The molecule has 4 nitrogen and oxygen atoms in total. The van der Waals surface area contributed by atoms with Crippen molar-refractivity contribution in [2.45, 2.75) is 54.0 Å². The zero-order valence-electron chi connectivity index (χ0n) is 13.5. The first-order valence-electron chi connectivity index (χ1n) is 7.55. The van der Waals surface area contributed by atoms with E-state index in [1.165, 1.54) is 0 Å². The summed E-state index contributed by atoms with van der Waals surface area (Å²) in [6, 6.07) is -0.371. The first-order chi connectivity index (χ1) is 9.09. The molecule has 0 aromatic heterocycles. The molecule has 0 spiro atoms. The van der Waals surface area contributed by atoms with Crippen molar-refractivity contribution >= 4 is 11.9 Å². The number of hydrogen-bond donors (Lipinski definition) is 0. The third-order valence-corrected chi connectivity index (χ3v) is 4.74. The maximum Gasteiger partial charge on any atom is 0.329 e. The number of fused-ring (bicyclic) bond motifs is 1. The number of nitrogens with zero attached hydrogens (tertiary/aromatic N) is 1. The molecule has 0 bridgehead atoms. The first kappa shape index (κ1) is 15.3. The molecule has 3 atom stereocenters. The quantitative estimate of drug-likeness (QED) is 0.747. The van der Waals surface area contributed by atoms with Crippen LogP contribution in [0.5, 0.6) is 0 Å². The van der Waals surface area contributed by atoms with Gasteiger partial charge in [0.05, 0.1) is 6.61 Å². The average Bonchev–Trinajstić information content (AvgIpc) is 2.69. The molecule has 1 aliphatic heterocycles. The molecule has 114 valence electrons. The van der Waals surface area contributed by atoms with Gasteiger partial charge in [0.2, 0.25) is 5.91 Å². The van der Waals surface area contributed by atoms with Gasteiger partial charge in [-0.3, -0.25) is 4.79 Å². The molecule has 1 saturated carbocycles. The Morgan fingerprint density at radius 3 is 2.40 bits per heavy atom. The number of amides is 1. The molecule has 2 rings (SSSR count). The molecule has 2 fully saturated rings. The number of hydrogen-bond acceptors (Lipinski definition) is 3. The van der Waals surface area contributed by atoms with E-state index in [-0.39, 0.29) is 34.7 Å². The van der Waals surface area contributed by atoms with Crippen LogP contribution in [-0.4, -0.2) is 36.0 Å². The third kappa shape index (κ3) is 2.57. The molecule has 2 aliphatic rings. The lowest BCUT2D eigenvalue weighted by atomic mass is 9.91. The third-order valence-electron chi connectivity index (χ3n) is 4.74. The Kier molecular flexibility index (Phi) is 3.64. The number of piperidine rings is 1. The fourth-order valence-corrected chi connectivity index (χ4v) is 3.60. The van der Waals surface area contributed by atoms with Crippen molar-refractivity contribution < 1.29 is 14.3 Å². The maximum absolute atomic E-state index is 12.5. The fourth-order valence-electron chi connectivity index (χ4n) is 3.60. The van der Waals surface area contributed by atoms with Crippen LogP contribution in [0.1, 0.15) is 48.0 Å². The minimum Gasteiger partial charge on any atom is -0.464 e. The van der Waals surface area contributed by atoms with E-state index in [1.807, 2.05) is 27.7 Å². The molecule has 0 aromatic rings. The van der Waals surface area contributed by atoms with Crippen molar-refractivity contribution in [3.63, 3.8) is 0 Å². The van der Waals surface area contributed by atoms with Crippen molar-refractivity contribution in [3.8, 4) is 0 Å². The van der Waals surface area contributed by atoms with Gasteiger partial charge in [0.15, 0.2) is 0 Å². The predicted octanol–water partition coefficient (Wildman–Crippen LogP) is 2.47. The average molecular weight is 281 g/mol. The minimum absolute atomic E-state index is 0.0570. The van der Waals surface area contributed by atoms with Crippen molar-refractivity contribution in [1.29, 1.82) is 0 Å². The zero-order valence-corrected chi connectivity index (χ0v) is 13.5. The van der Waals surface area contributed by atoms with Gasteiger partial charge >= 0.3 is 5.97 Å². The van der Waals surface area contributed by atoms with E-state index < -0.39 is 0 Å². The molecular formula is C16H27NO3. The molecule has 1 heterocycles. The molecule has 1 saturated heterocycles. The van der Waals surface area contributed by atoms with Gasteiger partial charge < -0.3 is 9.64 Å². The van der Waals surface area contributed by atoms with Crippen molar-refractivity contribution in [3.05, 3.63) is 0 Å². The topological polar surface area (TPSA) is 46.6 Å². The molecule has 0 aromatic carbocycles. The van der Waals surface area contributed by atoms with E-state index in [0.29, 0.717) is 25.5 Å². The first-order valence-corrected chi connectivity index (χ1v) is 7.55. The Morgan fingerprint density at radius 1 is 1.30 bits per heavy atom. The van der Waals surface area contributed by atoms with E-state index in [4.69, 9.17) is 4.74 Å². The Labute approximate surface area is 121 Å². The lowest BCUT2D eigenvalue weighted by Crippen LogP contribution is -2.47. The van der Waals surface area contributed by atoms with Crippen LogP contribution >= 0.6 is 0 Å². The SMILES string of the molecule is CCOC(=O)[C@@H]1[C@@H]2[C@H](CN1C(=O)CC(C)(C)C)C2(C)C. The molecule has 1 amide bonds. The van der Waals surface area contributed by atoms with Gasteiger partial charge in [-0.2, -0.15) is 0 Å². The maximum atomic E-state index is 12.5. The van der Waals surface area contributed by atoms with Crippen LogP contribution in [0.3, 0.4) is 0 Å². The zero-order chi connectivity index (χ0) is 15.3. The lowest BCUT2D eigenvalue weighted by Gasteiger charge is -2.31. The van der Waals surface area contributed by atoms with Crippen molar-refractivity contribution in [1.82, 2.24) is 4.90 Å². The summed E-state index contributed by atoms with van der Waals surface area (Å²) in [4.78, 5) is 26.5. The van der Waals surface area contributed by atoms with Crippen LogP contribution in [0, 0.1) is 22.7 Å². The Morgan fingerprint density at radius 2 is 1.90 bits per heavy atom. The number of likely N-dealkylation sites (tertiary alicyclic amines) is 1. The standard InChI is InChI=1S/C16H27NO3/c1-7-20-14(19)13-12-10(16(12,5)6)9-17(13)11(18)8-15(2,3)4/h10,12-13H,7-9H2,1-6H3/t10-,12-,13-/m0/s1. The van der Waals surface area contributed by atoms with Gasteiger partial charge in [-0.15, -0.1) is 0 Å². The summed E-state index contributed by atoms with van der Waals surface area (Å²) in [5.41, 5.74) is 0.106. The van der Waals surface area contributed by atoms with Gasteiger partial charge in [0.25, 0.3) is 0 Å². The Hall–Kier alpha value is -1.06. The summed E-state index contributed by atoms with van der Waals surface area (Å²) in [7, 11) is 0. The summed E-state index contributed by atoms with van der Waals surface area (Å²) in [5.74, 6) is 0.567. The van der Waals surface area contributed by atoms with Crippen LogP contribution < -0.4 is 0 Å². The molecule has 0 N–H and O–H groups in total. The van der Waals surface area contributed by atoms with Crippen LogP contribution in [-0.2, 0) is 14.3 Å². The highest BCUT2D eigenvalue weighted by Crippen LogP contribution is 2.65. The second-order valence-electron chi connectivity index (χ2n) is 7.93. The fraction of sp³-hybridized carbons (Fsp3) is 0.875. The van der Waals surface area contributed by atoms with Crippen LogP contribution in [0.4, 0.5) is 0 Å². The number of carbonyl (C=O) groups excluding carboxylic acids is 2. The predicted molar refractivity (Wildman–Crippen MR) is 77.0 cm³/mol. The van der Waals surface area contributed by atoms with Gasteiger partial charge in [0, 0.05) is 18.9 Å². The number of ether oxygens (including phenoxy) is 1. The van der Waals surface area contributed by atoms with Gasteiger partial charge in [0.1, 0.15) is 6.04 Å². The summed E-state index contributed by atoms with van der Waals surface area (Å²) < 4.78 is 5.19. The van der Waals surface area contributed by atoms with Gasteiger partial charge in [-0.05, 0) is 23.7 Å². The monoisotopic (exact) mass is 281 g/mol. The Balaban J connectivity index is 2.13. The van der Waals surface area contributed by atoms with Crippen LogP contribution in [0.2, 0.25) is 0 Å². The molecule has 1 aliphatic carbocycles. The number of carbonyl (C=O) groups is 2. The van der Waals surface area contributed by atoms with Gasteiger partial charge in [-0.1, -0.05) is 34.6 Å². The largest absolute Gasteiger partial charge is 0.464 e. The molecule has 20 heavy (non-hydrogen) atoms. The minimum atomic E-state index is -0.371. The summed E-state index contributed by atoms with van der Waals surface area (Å²) in [5, 5.41) is 0. The Bertz CT molecular complexity index is 422. The number of esters is 1. The lowest BCUT2D eigenvalue weighted by molar-refractivity contribution is -0.155. The second kappa shape index (κ2) is 4.74. The highest BCUT2D eigenvalue weighted by molar-refractivity contribution is 5.87. The van der Waals surface area contributed by atoms with Crippen LogP contribution in [0.25, 0.3) is 0 Å². The molecule has 0 radical (unpaired) electrons. The van der Waals surface area contributed by atoms with Crippen molar-refractivity contribution in [2.75, 3.05) is 13.2 Å². The van der Waals surface area contributed by atoms with E-state index in [2.05, 4.69) is 13.8 Å². The molecular weight excluding hydrogens is 254 g/mol. The second-order valence-corrected chi connectivity index (χ2v) is 7.93. The normalized spacial score (nSPS) is 30.9. The summed E-state index contributed by atoms with van der Waals surface area (Å²) in [6.45, 7) is 13.4. The van der Waals surface area contributed by atoms with E-state index in [9.17, 15) is 9.59 Å². The summed E-state index contributed by atoms with van der Waals surface area (Å²) in [6.07, 6.45) is 0.475. The smallest absolute Gasteiger partial charge is 0.329 e. The van der Waals surface area contributed by atoms with Crippen molar-refractivity contribution in [2.24, 2.45) is 22.7 Å². The van der Waals surface area contributed by atoms with E-state index in [0.717, 1.165) is 0 Å². The number of rotatable bonds is 3. The summed E-state index contributed by atoms with van der Waals surface area (Å²) >= 11 is 0.